The summed E-state index contributed by atoms with van der Waals surface area (Å²) in [6.45, 7) is 4.03. The molecule has 1 heterocycles. The third kappa shape index (κ3) is 3.44. The van der Waals surface area contributed by atoms with E-state index >= 15 is 0 Å². The molecule has 2 aliphatic rings. The first-order valence-electron chi connectivity index (χ1n) is 7.67. The molecule has 1 aromatic carbocycles. The largest absolute Gasteiger partial charge is 0.492 e. The monoisotopic (exact) mass is 311 g/mol. The van der Waals surface area contributed by atoms with Crippen LogP contribution in [-0.4, -0.2) is 31.6 Å². The summed E-state index contributed by atoms with van der Waals surface area (Å²) < 4.78 is 17.0. The van der Waals surface area contributed by atoms with E-state index in [2.05, 4.69) is 5.32 Å². The summed E-state index contributed by atoms with van der Waals surface area (Å²) in [5.41, 5.74) is 1.04. The second-order valence-electron chi connectivity index (χ2n) is 5.60. The SMILES string of the molecule is CCOc1ccc(NC2CCC3(CC2)OCCO3)cc1Cl. The van der Waals surface area contributed by atoms with Crippen LogP contribution in [0.1, 0.15) is 32.6 Å². The first-order valence-corrected chi connectivity index (χ1v) is 8.05. The normalized spacial score (nSPS) is 21.6. The topological polar surface area (TPSA) is 39.7 Å². The average molecular weight is 312 g/mol. The molecular formula is C16H22ClNO3. The number of nitrogens with one attached hydrogen (secondary N) is 1. The quantitative estimate of drug-likeness (QED) is 0.917. The zero-order valence-corrected chi connectivity index (χ0v) is 13.1. The van der Waals surface area contributed by atoms with E-state index in [1.807, 2.05) is 25.1 Å². The Bertz CT molecular complexity index is 478. The average Bonchev–Trinajstić information content (AvgIpc) is 2.93. The van der Waals surface area contributed by atoms with Crippen LogP contribution in [0.25, 0.3) is 0 Å². The Morgan fingerprint density at radius 3 is 2.62 bits per heavy atom. The van der Waals surface area contributed by atoms with Gasteiger partial charge < -0.3 is 19.5 Å². The second kappa shape index (κ2) is 6.42. The van der Waals surface area contributed by atoms with Crippen molar-refractivity contribution >= 4 is 17.3 Å². The first kappa shape index (κ1) is 14.9. The lowest BCUT2D eigenvalue weighted by molar-refractivity contribution is -0.177. The Balaban J connectivity index is 1.56. The lowest BCUT2D eigenvalue weighted by Crippen LogP contribution is -2.39. The van der Waals surface area contributed by atoms with Crippen molar-refractivity contribution in [2.45, 2.75) is 44.4 Å². The van der Waals surface area contributed by atoms with Gasteiger partial charge in [0.2, 0.25) is 0 Å². The maximum Gasteiger partial charge on any atom is 0.168 e. The van der Waals surface area contributed by atoms with Crippen LogP contribution in [0.15, 0.2) is 18.2 Å². The highest BCUT2D eigenvalue weighted by Gasteiger charge is 2.40. The minimum atomic E-state index is -0.297. The molecule has 1 saturated carbocycles. The van der Waals surface area contributed by atoms with E-state index in [1.54, 1.807) is 0 Å². The molecule has 0 radical (unpaired) electrons. The van der Waals surface area contributed by atoms with Gasteiger partial charge in [0.15, 0.2) is 5.79 Å². The van der Waals surface area contributed by atoms with Crippen LogP contribution in [0.3, 0.4) is 0 Å². The van der Waals surface area contributed by atoms with Gasteiger partial charge in [-0.2, -0.15) is 0 Å². The number of hydrogen-bond acceptors (Lipinski definition) is 4. The lowest BCUT2D eigenvalue weighted by Gasteiger charge is -2.36. The molecule has 21 heavy (non-hydrogen) atoms. The molecule has 2 fully saturated rings. The third-order valence-corrected chi connectivity index (χ3v) is 4.46. The summed E-state index contributed by atoms with van der Waals surface area (Å²) in [6.07, 6.45) is 4.00. The minimum absolute atomic E-state index is 0.297. The van der Waals surface area contributed by atoms with E-state index in [9.17, 15) is 0 Å². The van der Waals surface area contributed by atoms with Gasteiger partial charge in [0.05, 0.1) is 24.8 Å². The number of anilines is 1. The molecule has 1 aliphatic carbocycles. The van der Waals surface area contributed by atoms with Crippen LogP contribution in [0, 0.1) is 0 Å². The Labute approximate surface area is 130 Å². The van der Waals surface area contributed by atoms with Gasteiger partial charge in [-0.1, -0.05) is 11.6 Å². The van der Waals surface area contributed by atoms with E-state index in [4.69, 9.17) is 25.8 Å². The molecule has 1 saturated heterocycles. The fourth-order valence-electron chi connectivity index (χ4n) is 3.09. The van der Waals surface area contributed by atoms with Gasteiger partial charge >= 0.3 is 0 Å². The molecule has 0 atom stereocenters. The van der Waals surface area contributed by atoms with Crippen molar-refractivity contribution in [1.29, 1.82) is 0 Å². The molecule has 0 amide bonds. The van der Waals surface area contributed by atoms with Gasteiger partial charge in [-0.25, -0.2) is 0 Å². The molecule has 3 rings (SSSR count). The molecule has 0 aromatic heterocycles. The van der Waals surface area contributed by atoms with Crippen molar-refractivity contribution in [2.75, 3.05) is 25.1 Å². The van der Waals surface area contributed by atoms with E-state index in [-0.39, 0.29) is 5.79 Å². The van der Waals surface area contributed by atoms with Crippen LogP contribution < -0.4 is 10.1 Å². The Kier molecular flexibility index (Phi) is 4.57. The number of hydrogen-bond donors (Lipinski definition) is 1. The molecular weight excluding hydrogens is 290 g/mol. The molecule has 1 aromatic rings. The Hall–Kier alpha value is -0.970. The van der Waals surface area contributed by atoms with Crippen molar-refractivity contribution in [3.63, 3.8) is 0 Å². The van der Waals surface area contributed by atoms with Gasteiger partial charge in [-0.15, -0.1) is 0 Å². The molecule has 1 spiro atoms. The smallest absolute Gasteiger partial charge is 0.168 e. The zero-order chi connectivity index (χ0) is 14.7. The van der Waals surface area contributed by atoms with Gasteiger partial charge in [0, 0.05) is 24.6 Å². The predicted molar refractivity (Wildman–Crippen MR) is 83.1 cm³/mol. The Morgan fingerprint density at radius 1 is 1.29 bits per heavy atom. The van der Waals surface area contributed by atoms with Crippen LogP contribution in [0.4, 0.5) is 5.69 Å². The number of ether oxygens (including phenoxy) is 3. The standard InChI is InChI=1S/C16H22ClNO3/c1-2-19-15-4-3-13(11-14(15)17)18-12-5-7-16(8-6-12)20-9-10-21-16/h3-4,11-12,18H,2,5-10H2,1H3. The second-order valence-corrected chi connectivity index (χ2v) is 6.01. The lowest BCUT2D eigenvalue weighted by atomic mass is 9.90. The van der Waals surface area contributed by atoms with Crippen molar-refractivity contribution in [3.05, 3.63) is 23.2 Å². The first-order chi connectivity index (χ1) is 10.2. The number of benzene rings is 1. The van der Waals surface area contributed by atoms with Crippen molar-refractivity contribution in [2.24, 2.45) is 0 Å². The van der Waals surface area contributed by atoms with E-state index < -0.39 is 0 Å². The molecule has 5 heteroatoms. The molecule has 1 N–H and O–H groups in total. The summed E-state index contributed by atoms with van der Waals surface area (Å²) in [5, 5.41) is 4.20. The van der Waals surface area contributed by atoms with Crippen LogP contribution in [0.2, 0.25) is 5.02 Å². The summed E-state index contributed by atoms with van der Waals surface area (Å²) >= 11 is 6.22. The van der Waals surface area contributed by atoms with Gasteiger partial charge in [0.1, 0.15) is 5.75 Å². The maximum absolute atomic E-state index is 6.22. The molecule has 4 nitrogen and oxygen atoms in total. The zero-order valence-electron chi connectivity index (χ0n) is 12.4. The van der Waals surface area contributed by atoms with Crippen molar-refractivity contribution in [1.82, 2.24) is 0 Å². The Morgan fingerprint density at radius 2 is 2.00 bits per heavy atom. The highest BCUT2D eigenvalue weighted by Crippen LogP contribution is 2.37. The van der Waals surface area contributed by atoms with Crippen molar-refractivity contribution < 1.29 is 14.2 Å². The highest BCUT2D eigenvalue weighted by atomic mass is 35.5. The fraction of sp³-hybridized carbons (Fsp3) is 0.625. The molecule has 116 valence electrons. The van der Waals surface area contributed by atoms with Crippen LogP contribution in [-0.2, 0) is 9.47 Å². The van der Waals surface area contributed by atoms with Gasteiger partial charge in [-0.05, 0) is 38.0 Å². The molecule has 0 bridgehead atoms. The van der Waals surface area contributed by atoms with E-state index in [0.717, 1.165) is 50.3 Å². The summed E-state index contributed by atoms with van der Waals surface area (Å²) in [7, 11) is 0. The minimum Gasteiger partial charge on any atom is -0.492 e. The van der Waals surface area contributed by atoms with Gasteiger partial charge in [-0.3, -0.25) is 0 Å². The van der Waals surface area contributed by atoms with Gasteiger partial charge in [0.25, 0.3) is 0 Å². The number of halogens is 1. The van der Waals surface area contributed by atoms with Crippen LogP contribution >= 0.6 is 11.6 Å². The summed E-state index contributed by atoms with van der Waals surface area (Å²) in [5.74, 6) is 0.439. The maximum atomic E-state index is 6.22. The summed E-state index contributed by atoms with van der Waals surface area (Å²) in [4.78, 5) is 0. The third-order valence-electron chi connectivity index (χ3n) is 4.16. The van der Waals surface area contributed by atoms with Crippen LogP contribution in [0.5, 0.6) is 5.75 Å². The summed E-state index contributed by atoms with van der Waals surface area (Å²) in [6, 6.07) is 6.31. The molecule has 0 unspecified atom stereocenters. The highest BCUT2D eigenvalue weighted by molar-refractivity contribution is 6.32. The number of rotatable bonds is 4. The van der Waals surface area contributed by atoms with E-state index in [0.29, 0.717) is 17.7 Å². The van der Waals surface area contributed by atoms with Crippen molar-refractivity contribution in [3.8, 4) is 5.75 Å². The van der Waals surface area contributed by atoms with E-state index in [1.165, 1.54) is 0 Å². The predicted octanol–water partition coefficient (Wildman–Crippen LogP) is 3.84. The molecule has 1 aliphatic heterocycles. The fourth-order valence-corrected chi connectivity index (χ4v) is 3.32.